The Morgan fingerprint density at radius 3 is 2.75 bits per heavy atom. The number of aliphatic hydroxyl groups is 1. The number of para-hydroxylation sites is 2. The first-order chi connectivity index (χ1) is 11.5. The van der Waals surface area contributed by atoms with Gasteiger partial charge in [-0.2, -0.15) is 0 Å². The molecule has 2 aromatic carbocycles. The van der Waals surface area contributed by atoms with Gasteiger partial charge in [-0.05, 0) is 42.2 Å². The summed E-state index contributed by atoms with van der Waals surface area (Å²) in [5.41, 5.74) is 4.28. The van der Waals surface area contributed by atoms with Crippen molar-refractivity contribution < 1.29 is 9.84 Å². The molecule has 0 radical (unpaired) electrons. The Bertz CT molecular complexity index is 823. The summed E-state index contributed by atoms with van der Waals surface area (Å²) in [5, 5.41) is 10.3. The third-order valence-electron chi connectivity index (χ3n) is 4.24. The van der Waals surface area contributed by atoms with Gasteiger partial charge in [-0.15, -0.1) is 0 Å². The van der Waals surface area contributed by atoms with Gasteiger partial charge in [-0.25, -0.2) is 4.98 Å². The summed E-state index contributed by atoms with van der Waals surface area (Å²) in [7, 11) is 0. The quantitative estimate of drug-likeness (QED) is 0.748. The van der Waals surface area contributed by atoms with E-state index in [4.69, 9.17) is 4.74 Å². The summed E-state index contributed by atoms with van der Waals surface area (Å²) in [6.07, 6.45) is 1.17. The number of aliphatic hydroxyl groups excluding tert-OH is 1. The van der Waals surface area contributed by atoms with Gasteiger partial charge >= 0.3 is 0 Å². The standard InChI is InChI=1S/C20H24N2O2/c1-14(2)16-9-8-15(3)20(10-16)24-12-17(23)11-22-13-21-18-6-4-5-7-19(18)22/h4-10,13-14,17,23H,11-12H2,1-3H3/t17-/m0/s1. The molecule has 0 aliphatic rings. The van der Waals surface area contributed by atoms with Crippen molar-refractivity contribution >= 4 is 11.0 Å². The van der Waals surface area contributed by atoms with Crippen molar-refractivity contribution in [3.8, 4) is 5.75 Å². The molecule has 0 aliphatic heterocycles. The number of ether oxygens (including phenoxy) is 1. The molecule has 3 aromatic rings. The van der Waals surface area contributed by atoms with Crippen LogP contribution in [0.4, 0.5) is 0 Å². The smallest absolute Gasteiger partial charge is 0.122 e. The lowest BCUT2D eigenvalue weighted by atomic mass is 10.0. The normalized spacial score (nSPS) is 12.7. The average molecular weight is 324 g/mol. The zero-order chi connectivity index (χ0) is 17.1. The van der Waals surface area contributed by atoms with E-state index in [1.165, 1.54) is 5.56 Å². The van der Waals surface area contributed by atoms with Crippen LogP contribution in [0.2, 0.25) is 0 Å². The Kier molecular flexibility index (Phi) is 4.86. The zero-order valence-corrected chi connectivity index (χ0v) is 14.4. The fraction of sp³-hybridized carbons (Fsp3) is 0.350. The van der Waals surface area contributed by atoms with Gasteiger partial charge in [0.1, 0.15) is 18.5 Å². The van der Waals surface area contributed by atoms with Crippen LogP contribution in [0.3, 0.4) is 0 Å². The van der Waals surface area contributed by atoms with E-state index in [1.54, 1.807) is 6.33 Å². The lowest BCUT2D eigenvalue weighted by Crippen LogP contribution is -2.23. The summed E-state index contributed by atoms with van der Waals surface area (Å²) in [6.45, 7) is 7.06. The minimum Gasteiger partial charge on any atom is -0.491 e. The summed E-state index contributed by atoms with van der Waals surface area (Å²) < 4.78 is 7.83. The summed E-state index contributed by atoms with van der Waals surface area (Å²) in [4.78, 5) is 4.35. The zero-order valence-electron chi connectivity index (χ0n) is 14.4. The van der Waals surface area contributed by atoms with E-state index in [0.717, 1.165) is 22.3 Å². The van der Waals surface area contributed by atoms with Crippen molar-refractivity contribution in [2.45, 2.75) is 39.3 Å². The van der Waals surface area contributed by atoms with Crippen LogP contribution in [0.25, 0.3) is 11.0 Å². The summed E-state index contributed by atoms with van der Waals surface area (Å²) in [6, 6.07) is 14.2. The van der Waals surface area contributed by atoms with Crippen molar-refractivity contribution in [1.29, 1.82) is 0 Å². The Balaban J connectivity index is 1.65. The highest BCUT2D eigenvalue weighted by molar-refractivity contribution is 5.74. The lowest BCUT2D eigenvalue weighted by molar-refractivity contribution is 0.0930. The molecule has 1 atom stereocenters. The van der Waals surface area contributed by atoms with Crippen molar-refractivity contribution in [3.63, 3.8) is 0 Å². The molecule has 0 saturated heterocycles. The molecular formula is C20H24N2O2. The molecule has 1 heterocycles. The monoisotopic (exact) mass is 324 g/mol. The first-order valence-electron chi connectivity index (χ1n) is 8.36. The number of rotatable bonds is 6. The van der Waals surface area contributed by atoms with Crippen molar-refractivity contribution in [2.75, 3.05) is 6.61 Å². The molecule has 4 heteroatoms. The van der Waals surface area contributed by atoms with Gasteiger partial charge in [0.2, 0.25) is 0 Å². The molecule has 4 nitrogen and oxygen atoms in total. The number of nitrogens with zero attached hydrogens (tertiary/aromatic N) is 2. The number of benzene rings is 2. The Hall–Kier alpha value is -2.33. The summed E-state index contributed by atoms with van der Waals surface area (Å²) in [5.74, 6) is 1.30. The predicted octanol–water partition coefficient (Wildman–Crippen LogP) is 3.91. The second-order valence-electron chi connectivity index (χ2n) is 6.53. The molecular weight excluding hydrogens is 300 g/mol. The Morgan fingerprint density at radius 1 is 1.17 bits per heavy atom. The average Bonchev–Trinajstić information content (AvgIpc) is 2.97. The second-order valence-corrected chi connectivity index (χ2v) is 6.53. The van der Waals surface area contributed by atoms with Crippen LogP contribution in [0, 0.1) is 6.92 Å². The van der Waals surface area contributed by atoms with Gasteiger partial charge in [0.05, 0.1) is 23.9 Å². The number of imidazole rings is 1. The number of hydrogen-bond acceptors (Lipinski definition) is 3. The molecule has 126 valence electrons. The molecule has 0 spiro atoms. The van der Waals surface area contributed by atoms with E-state index in [1.807, 2.05) is 35.8 Å². The summed E-state index contributed by atoms with van der Waals surface area (Å²) >= 11 is 0. The second kappa shape index (κ2) is 7.05. The highest BCUT2D eigenvalue weighted by atomic mass is 16.5. The van der Waals surface area contributed by atoms with E-state index in [9.17, 15) is 5.11 Å². The van der Waals surface area contributed by atoms with Crippen LogP contribution in [0.1, 0.15) is 30.9 Å². The van der Waals surface area contributed by atoms with Crippen LogP contribution in [-0.2, 0) is 6.54 Å². The maximum absolute atomic E-state index is 10.3. The maximum Gasteiger partial charge on any atom is 0.122 e. The van der Waals surface area contributed by atoms with Gasteiger partial charge in [-0.3, -0.25) is 0 Å². The van der Waals surface area contributed by atoms with Crippen LogP contribution < -0.4 is 4.74 Å². The SMILES string of the molecule is Cc1ccc(C(C)C)cc1OC[C@@H](O)Cn1cnc2ccccc21. The minimum absolute atomic E-state index is 0.259. The molecule has 0 saturated carbocycles. The molecule has 24 heavy (non-hydrogen) atoms. The van der Waals surface area contributed by atoms with E-state index in [2.05, 4.69) is 37.0 Å². The highest BCUT2D eigenvalue weighted by Gasteiger charge is 2.11. The third kappa shape index (κ3) is 3.60. The Morgan fingerprint density at radius 2 is 1.96 bits per heavy atom. The highest BCUT2D eigenvalue weighted by Crippen LogP contribution is 2.24. The molecule has 1 aromatic heterocycles. The number of aromatic nitrogens is 2. The fourth-order valence-electron chi connectivity index (χ4n) is 2.75. The van der Waals surface area contributed by atoms with Crippen LogP contribution in [-0.4, -0.2) is 27.4 Å². The van der Waals surface area contributed by atoms with E-state index >= 15 is 0 Å². The van der Waals surface area contributed by atoms with Gasteiger partial charge in [0.25, 0.3) is 0 Å². The fourth-order valence-corrected chi connectivity index (χ4v) is 2.75. The topological polar surface area (TPSA) is 47.3 Å². The molecule has 1 N–H and O–H groups in total. The van der Waals surface area contributed by atoms with E-state index < -0.39 is 6.10 Å². The van der Waals surface area contributed by atoms with Crippen LogP contribution in [0.5, 0.6) is 5.75 Å². The first-order valence-corrected chi connectivity index (χ1v) is 8.36. The maximum atomic E-state index is 10.3. The predicted molar refractivity (Wildman–Crippen MR) is 96.5 cm³/mol. The third-order valence-corrected chi connectivity index (χ3v) is 4.24. The van der Waals surface area contributed by atoms with Gasteiger partial charge in [0, 0.05) is 0 Å². The number of fused-ring (bicyclic) bond motifs is 1. The van der Waals surface area contributed by atoms with Crippen molar-refractivity contribution in [1.82, 2.24) is 9.55 Å². The van der Waals surface area contributed by atoms with Crippen LogP contribution in [0.15, 0.2) is 48.8 Å². The van der Waals surface area contributed by atoms with Crippen molar-refractivity contribution in [3.05, 3.63) is 59.9 Å². The van der Waals surface area contributed by atoms with Crippen LogP contribution >= 0.6 is 0 Å². The number of hydrogen-bond donors (Lipinski definition) is 1. The molecule has 0 aliphatic carbocycles. The number of aryl methyl sites for hydroxylation is 1. The van der Waals surface area contributed by atoms with Crippen molar-refractivity contribution in [2.24, 2.45) is 0 Å². The lowest BCUT2D eigenvalue weighted by Gasteiger charge is -2.16. The first kappa shape index (κ1) is 16.5. The molecule has 3 rings (SSSR count). The Labute approximate surface area is 142 Å². The van der Waals surface area contributed by atoms with Gasteiger partial charge in [-0.1, -0.05) is 38.1 Å². The molecule has 0 amide bonds. The largest absolute Gasteiger partial charge is 0.491 e. The van der Waals surface area contributed by atoms with Gasteiger partial charge in [0.15, 0.2) is 0 Å². The molecule has 0 unspecified atom stereocenters. The molecule has 0 fully saturated rings. The van der Waals surface area contributed by atoms with E-state index in [0.29, 0.717) is 12.5 Å². The molecule has 0 bridgehead atoms. The van der Waals surface area contributed by atoms with E-state index in [-0.39, 0.29) is 6.61 Å². The van der Waals surface area contributed by atoms with Gasteiger partial charge < -0.3 is 14.4 Å². The minimum atomic E-state index is -0.593.